The summed E-state index contributed by atoms with van der Waals surface area (Å²) in [5.74, 6) is -0.754. The summed E-state index contributed by atoms with van der Waals surface area (Å²) < 4.78 is 15.6. The summed E-state index contributed by atoms with van der Waals surface area (Å²) in [6.07, 6.45) is 3.46. The first-order chi connectivity index (χ1) is 15.4. The number of nitrogens with zero attached hydrogens (tertiary/aromatic N) is 2. The summed E-state index contributed by atoms with van der Waals surface area (Å²) in [4.78, 5) is 25.4. The molecule has 4 aromatic rings. The number of hydrogen-bond donors (Lipinski definition) is 3. The van der Waals surface area contributed by atoms with Crippen LogP contribution in [-0.4, -0.2) is 39.4 Å². The van der Waals surface area contributed by atoms with Gasteiger partial charge in [0, 0.05) is 30.8 Å². The molecule has 2 aromatic heterocycles. The Hall–Kier alpha value is -3.78. The van der Waals surface area contributed by atoms with E-state index < -0.39 is 5.95 Å². The Morgan fingerprint density at radius 3 is 2.75 bits per heavy atom. The van der Waals surface area contributed by atoms with E-state index in [0.717, 1.165) is 11.1 Å². The van der Waals surface area contributed by atoms with Gasteiger partial charge in [0.2, 0.25) is 5.95 Å². The normalized spacial score (nSPS) is 12.1. The molecule has 0 fully saturated rings. The Morgan fingerprint density at radius 2 is 2.06 bits per heavy atom. The highest BCUT2D eigenvalue weighted by Gasteiger charge is 2.17. The van der Waals surface area contributed by atoms with Gasteiger partial charge in [-0.1, -0.05) is 18.2 Å². The van der Waals surface area contributed by atoms with Gasteiger partial charge in [-0.3, -0.25) is 14.7 Å². The van der Waals surface area contributed by atoms with Gasteiger partial charge in [-0.15, -0.1) is 0 Å². The van der Waals surface area contributed by atoms with Crippen molar-refractivity contribution in [2.45, 2.75) is 19.4 Å². The number of hydrogen-bond acceptors (Lipinski definition) is 4. The van der Waals surface area contributed by atoms with E-state index in [1.807, 2.05) is 13.0 Å². The lowest BCUT2D eigenvalue weighted by molar-refractivity contribution is 0.0963. The highest BCUT2D eigenvalue weighted by Crippen LogP contribution is 2.28. The minimum absolute atomic E-state index is 0.0991. The molecule has 2 aromatic carbocycles. The van der Waals surface area contributed by atoms with Crippen LogP contribution in [0.25, 0.3) is 21.9 Å². The van der Waals surface area contributed by atoms with Crippen LogP contribution in [0.2, 0.25) is 0 Å². The number of H-pyrrole nitrogens is 1. The van der Waals surface area contributed by atoms with E-state index in [4.69, 9.17) is 0 Å². The third-order valence-electron chi connectivity index (χ3n) is 5.69. The number of nitrogens with one attached hydrogen (secondary N) is 2. The monoisotopic (exact) mass is 434 g/mol. The van der Waals surface area contributed by atoms with Crippen LogP contribution in [0, 0.1) is 5.95 Å². The Kier molecular flexibility index (Phi) is 5.87. The summed E-state index contributed by atoms with van der Waals surface area (Å²) in [5.41, 5.74) is 2.77. The number of aliphatic hydroxyl groups excluding tert-OH is 1. The molecule has 1 atom stereocenters. The van der Waals surface area contributed by atoms with Crippen LogP contribution in [0.5, 0.6) is 0 Å². The molecular formula is C24H23FN4O3. The average molecular weight is 434 g/mol. The van der Waals surface area contributed by atoms with Crippen molar-refractivity contribution in [3.63, 3.8) is 0 Å². The number of fused-ring (bicyclic) bond motifs is 1. The van der Waals surface area contributed by atoms with Crippen LogP contribution in [0.3, 0.4) is 0 Å². The zero-order chi connectivity index (χ0) is 22.8. The van der Waals surface area contributed by atoms with E-state index in [1.54, 1.807) is 54.2 Å². The zero-order valence-corrected chi connectivity index (χ0v) is 17.7. The quantitative estimate of drug-likeness (QED) is 0.434. The predicted octanol–water partition coefficient (Wildman–Crippen LogP) is 3.03. The second-order valence-electron chi connectivity index (χ2n) is 7.58. The topological polar surface area (TPSA) is 100 Å². The fourth-order valence-corrected chi connectivity index (χ4v) is 3.92. The zero-order valence-electron chi connectivity index (χ0n) is 17.7. The molecule has 1 unspecified atom stereocenters. The number of amides is 1. The molecule has 32 heavy (non-hydrogen) atoms. The maximum Gasteiger partial charge on any atom is 0.258 e. The van der Waals surface area contributed by atoms with Crippen LogP contribution in [0.15, 0.2) is 59.7 Å². The first-order valence-corrected chi connectivity index (χ1v) is 10.2. The molecule has 0 saturated carbocycles. The second-order valence-corrected chi connectivity index (χ2v) is 7.58. The van der Waals surface area contributed by atoms with E-state index in [0.29, 0.717) is 33.9 Å². The lowest BCUT2D eigenvalue weighted by Gasteiger charge is -2.19. The molecule has 0 aliphatic rings. The van der Waals surface area contributed by atoms with Crippen molar-refractivity contribution < 1.29 is 14.3 Å². The third-order valence-corrected chi connectivity index (χ3v) is 5.69. The van der Waals surface area contributed by atoms with E-state index in [-0.39, 0.29) is 24.1 Å². The van der Waals surface area contributed by atoms with Crippen molar-refractivity contribution >= 4 is 16.7 Å². The summed E-state index contributed by atoms with van der Waals surface area (Å²) in [5, 5.41) is 19.3. The molecule has 0 spiro atoms. The number of aliphatic hydroxyl groups is 1. The Labute approximate surface area is 183 Å². The Bertz CT molecular complexity index is 1360. The Morgan fingerprint density at radius 1 is 1.25 bits per heavy atom. The summed E-state index contributed by atoms with van der Waals surface area (Å²) in [6, 6.07) is 11.9. The fourth-order valence-electron chi connectivity index (χ4n) is 3.92. The molecule has 0 saturated heterocycles. The lowest BCUT2D eigenvalue weighted by atomic mass is 9.98. The van der Waals surface area contributed by atoms with E-state index >= 15 is 0 Å². The third kappa shape index (κ3) is 3.80. The van der Waals surface area contributed by atoms with Gasteiger partial charge in [0.25, 0.3) is 11.5 Å². The van der Waals surface area contributed by atoms with Gasteiger partial charge >= 0.3 is 0 Å². The molecular weight excluding hydrogens is 411 g/mol. The van der Waals surface area contributed by atoms with E-state index in [9.17, 15) is 19.1 Å². The lowest BCUT2D eigenvalue weighted by Crippen LogP contribution is -2.25. The molecule has 8 heteroatoms. The van der Waals surface area contributed by atoms with Crippen molar-refractivity contribution in [2.75, 3.05) is 13.7 Å². The number of carbonyl (C=O) groups excluding carboxylic acids is 1. The average Bonchev–Trinajstić information content (AvgIpc) is 3.25. The Balaban J connectivity index is 1.86. The van der Waals surface area contributed by atoms with Gasteiger partial charge in [0.05, 0.1) is 17.8 Å². The van der Waals surface area contributed by atoms with E-state index in [2.05, 4.69) is 15.5 Å². The SMILES string of the molecule is CNC(=O)c1cccc(C(C)n2cc(CCO)c3cc(-c4cn[nH]c4F)ccc3c2=O)c1. The molecule has 4 rings (SSSR count). The highest BCUT2D eigenvalue weighted by molar-refractivity contribution is 5.94. The molecule has 0 aliphatic heterocycles. The molecule has 164 valence electrons. The predicted molar refractivity (Wildman–Crippen MR) is 120 cm³/mol. The smallest absolute Gasteiger partial charge is 0.258 e. The molecule has 7 nitrogen and oxygen atoms in total. The number of aromatic amines is 1. The first-order valence-electron chi connectivity index (χ1n) is 10.2. The summed E-state index contributed by atoms with van der Waals surface area (Å²) in [7, 11) is 1.57. The van der Waals surface area contributed by atoms with Crippen LogP contribution in [-0.2, 0) is 6.42 Å². The molecule has 3 N–H and O–H groups in total. The molecule has 0 aliphatic carbocycles. The first kappa shape index (κ1) is 21.5. The maximum atomic E-state index is 14.0. The summed E-state index contributed by atoms with van der Waals surface area (Å²) >= 11 is 0. The van der Waals surface area contributed by atoms with Crippen LogP contribution in [0.1, 0.15) is 34.5 Å². The number of rotatable bonds is 6. The minimum atomic E-state index is -0.550. The maximum absolute atomic E-state index is 14.0. The number of aromatic nitrogens is 3. The van der Waals surface area contributed by atoms with Gasteiger partial charge < -0.3 is 15.0 Å². The van der Waals surface area contributed by atoms with Crippen molar-refractivity contribution in [1.29, 1.82) is 0 Å². The largest absolute Gasteiger partial charge is 0.396 e. The van der Waals surface area contributed by atoms with Gasteiger partial charge in [-0.25, -0.2) is 0 Å². The standard InChI is InChI=1S/C24H23FN4O3/c1-14(15-4-3-5-17(10-15)23(31)26-2)29-13-18(8-9-30)20-11-16(6-7-19(20)24(29)32)21-12-27-28-22(21)25/h3-7,10-14,30H,8-9H2,1-2H3,(H,26,31)(H,27,28). The van der Waals surface area contributed by atoms with Crippen LogP contribution >= 0.6 is 0 Å². The molecule has 2 heterocycles. The number of pyridine rings is 1. The van der Waals surface area contributed by atoms with Gasteiger partial charge in [0.15, 0.2) is 0 Å². The number of benzene rings is 2. The highest BCUT2D eigenvalue weighted by atomic mass is 19.1. The molecule has 0 bridgehead atoms. The van der Waals surface area contributed by atoms with Crippen molar-refractivity contribution in [1.82, 2.24) is 20.1 Å². The van der Waals surface area contributed by atoms with Crippen molar-refractivity contribution in [3.05, 3.63) is 87.9 Å². The molecule has 1 amide bonds. The van der Waals surface area contributed by atoms with Gasteiger partial charge in [-0.05, 0) is 59.7 Å². The van der Waals surface area contributed by atoms with Crippen molar-refractivity contribution in [3.8, 4) is 11.1 Å². The number of carbonyl (C=O) groups is 1. The van der Waals surface area contributed by atoms with E-state index in [1.165, 1.54) is 6.20 Å². The fraction of sp³-hybridized carbons (Fsp3) is 0.208. The van der Waals surface area contributed by atoms with Gasteiger partial charge in [-0.2, -0.15) is 9.49 Å². The van der Waals surface area contributed by atoms with Crippen LogP contribution < -0.4 is 10.9 Å². The molecule has 0 radical (unpaired) electrons. The minimum Gasteiger partial charge on any atom is -0.396 e. The van der Waals surface area contributed by atoms with Gasteiger partial charge in [0.1, 0.15) is 0 Å². The van der Waals surface area contributed by atoms with Crippen LogP contribution in [0.4, 0.5) is 4.39 Å². The number of halogens is 1. The summed E-state index contributed by atoms with van der Waals surface area (Å²) in [6.45, 7) is 1.78. The van der Waals surface area contributed by atoms with Crippen molar-refractivity contribution in [2.24, 2.45) is 0 Å². The second kappa shape index (κ2) is 8.76.